The molecule has 3 aromatic rings. The lowest BCUT2D eigenvalue weighted by molar-refractivity contribution is -0.120. The summed E-state index contributed by atoms with van der Waals surface area (Å²) in [6.45, 7) is 2.57. The number of phenols is 1. The van der Waals surface area contributed by atoms with Crippen molar-refractivity contribution in [3.05, 3.63) is 65.6 Å². The molecule has 2 heterocycles. The van der Waals surface area contributed by atoms with Crippen LogP contribution in [0.4, 0.5) is 0 Å². The normalized spacial score (nSPS) is 10.8. The maximum atomic E-state index is 12.0. The van der Waals surface area contributed by atoms with Gasteiger partial charge in [-0.15, -0.1) is 0 Å². The van der Waals surface area contributed by atoms with E-state index in [4.69, 9.17) is 0 Å². The topological polar surface area (TPSA) is 66.6 Å². The summed E-state index contributed by atoms with van der Waals surface area (Å²) in [5.41, 5.74) is 3.82. The number of imidazole rings is 1. The minimum atomic E-state index is -0.0372. The third-order valence-corrected chi connectivity index (χ3v) is 3.74. The van der Waals surface area contributed by atoms with E-state index in [1.165, 1.54) is 0 Å². The van der Waals surface area contributed by atoms with E-state index in [0.717, 1.165) is 28.9 Å². The Morgan fingerprint density at radius 3 is 2.78 bits per heavy atom. The molecule has 3 rings (SSSR count). The molecule has 0 unspecified atom stereocenters. The fourth-order valence-corrected chi connectivity index (χ4v) is 2.53. The Morgan fingerprint density at radius 1 is 1.26 bits per heavy atom. The van der Waals surface area contributed by atoms with Crippen LogP contribution in [0, 0.1) is 6.92 Å². The second kappa shape index (κ2) is 6.52. The average molecular weight is 309 g/mol. The summed E-state index contributed by atoms with van der Waals surface area (Å²) in [7, 11) is 0. The van der Waals surface area contributed by atoms with E-state index in [1.54, 1.807) is 12.1 Å². The van der Waals surface area contributed by atoms with Gasteiger partial charge >= 0.3 is 0 Å². The first-order valence-electron chi connectivity index (χ1n) is 7.59. The minimum Gasteiger partial charge on any atom is -0.508 e. The summed E-state index contributed by atoms with van der Waals surface area (Å²) in [6, 6.07) is 11.0. The number of aryl methyl sites for hydroxylation is 1. The van der Waals surface area contributed by atoms with Crippen molar-refractivity contribution in [3.63, 3.8) is 0 Å². The molecule has 0 saturated heterocycles. The fourth-order valence-electron chi connectivity index (χ4n) is 2.53. The Bertz CT molecular complexity index is 822. The van der Waals surface area contributed by atoms with Crippen molar-refractivity contribution in [1.82, 2.24) is 14.7 Å². The first-order chi connectivity index (χ1) is 11.1. The molecule has 2 aromatic heterocycles. The van der Waals surface area contributed by atoms with E-state index in [9.17, 15) is 9.90 Å². The van der Waals surface area contributed by atoms with Crippen LogP contribution in [0.1, 0.15) is 16.8 Å². The molecule has 118 valence electrons. The van der Waals surface area contributed by atoms with Crippen LogP contribution in [-0.2, 0) is 17.6 Å². The standard InChI is InChI=1S/C18H19N3O2/c1-13-3-2-10-21-12-15(20-18(13)21)11-17(23)19-9-8-14-4-6-16(22)7-5-14/h2-7,10,12,22H,8-9,11H2,1H3,(H,19,23). The molecule has 0 atom stereocenters. The van der Waals surface area contributed by atoms with Gasteiger partial charge in [-0.3, -0.25) is 4.79 Å². The summed E-state index contributed by atoms with van der Waals surface area (Å²) in [4.78, 5) is 16.5. The molecule has 5 heteroatoms. The molecule has 0 saturated carbocycles. The molecule has 0 aliphatic rings. The number of pyridine rings is 1. The van der Waals surface area contributed by atoms with Crippen LogP contribution in [-0.4, -0.2) is 26.9 Å². The molecule has 0 aliphatic heterocycles. The number of aromatic hydroxyl groups is 1. The Kier molecular flexibility index (Phi) is 4.28. The molecule has 0 spiro atoms. The number of fused-ring (bicyclic) bond motifs is 1. The Morgan fingerprint density at radius 2 is 2.04 bits per heavy atom. The largest absolute Gasteiger partial charge is 0.508 e. The molecule has 23 heavy (non-hydrogen) atoms. The second-order valence-electron chi connectivity index (χ2n) is 5.60. The highest BCUT2D eigenvalue weighted by molar-refractivity contribution is 5.78. The molecule has 2 N–H and O–H groups in total. The Balaban J connectivity index is 1.54. The van der Waals surface area contributed by atoms with Gasteiger partial charge in [0.25, 0.3) is 0 Å². The lowest BCUT2D eigenvalue weighted by atomic mass is 10.1. The van der Waals surface area contributed by atoms with Crippen molar-refractivity contribution < 1.29 is 9.90 Å². The van der Waals surface area contributed by atoms with Crippen LogP contribution in [0.25, 0.3) is 5.65 Å². The van der Waals surface area contributed by atoms with E-state index < -0.39 is 0 Å². The van der Waals surface area contributed by atoms with Gasteiger partial charge in [0.05, 0.1) is 12.1 Å². The molecule has 1 amide bonds. The predicted octanol–water partition coefficient (Wildman–Crippen LogP) is 2.25. The molecule has 0 aliphatic carbocycles. The smallest absolute Gasteiger partial charge is 0.226 e. The van der Waals surface area contributed by atoms with Crippen LogP contribution >= 0.6 is 0 Å². The summed E-state index contributed by atoms with van der Waals surface area (Å²) < 4.78 is 1.94. The van der Waals surface area contributed by atoms with Gasteiger partial charge < -0.3 is 14.8 Å². The molecular weight excluding hydrogens is 290 g/mol. The third kappa shape index (κ3) is 3.69. The minimum absolute atomic E-state index is 0.0372. The molecule has 5 nitrogen and oxygen atoms in total. The first kappa shape index (κ1) is 15.1. The highest BCUT2D eigenvalue weighted by Gasteiger charge is 2.08. The van der Waals surface area contributed by atoms with Crippen molar-refractivity contribution in [2.45, 2.75) is 19.8 Å². The van der Waals surface area contributed by atoms with Crippen LogP contribution in [0.5, 0.6) is 5.75 Å². The van der Waals surface area contributed by atoms with Gasteiger partial charge in [0.15, 0.2) is 0 Å². The maximum absolute atomic E-state index is 12.0. The van der Waals surface area contributed by atoms with Crippen molar-refractivity contribution in [2.24, 2.45) is 0 Å². The van der Waals surface area contributed by atoms with Gasteiger partial charge in [0.1, 0.15) is 11.4 Å². The summed E-state index contributed by atoms with van der Waals surface area (Å²) in [5, 5.41) is 12.1. The number of phenolic OH excluding ortho intramolecular Hbond substituents is 1. The lowest BCUT2D eigenvalue weighted by Crippen LogP contribution is -2.27. The van der Waals surface area contributed by atoms with Crippen LogP contribution < -0.4 is 5.32 Å². The zero-order valence-electron chi connectivity index (χ0n) is 13.0. The number of nitrogens with one attached hydrogen (secondary N) is 1. The second-order valence-corrected chi connectivity index (χ2v) is 5.60. The summed E-state index contributed by atoms with van der Waals surface area (Å²) in [5.74, 6) is 0.213. The average Bonchev–Trinajstić information content (AvgIpc) is 2.93. The van der Waals surface area contributed by atoms with Crippen molar-refractivity contribution >= 4 is 11.6 Å². The Labute approximate surface area is 134 Å². The van der Waals surface area contributed by atoms with Gasteiger partial charge in [-0.2, -0.15) is 0 Å². The molecule has 0 bridgehead atoms. The van der Waals surface area contributed by atoms with Gasteiger partial charge in [0, 0.05) is 18.9 Å². The van der Waals surface area contributed by atoms with Crippen molar-refractivity contribution in [2.75, 3.05) is 6.54 Å². The lowest BCUT2D eigenvalue weighted by Gasteiger charge is -2.04. The zero-order chi connectivity index (χ0) is 16.2. The van der Waals surface area contributed by atoms with Crippen molar-refractivity contribution in [1.29, 1.82) is 0 Å². The monoisotopic (exact) mass is 309 g/mol. The van der Waals surface area contributed by atoms with Gasteiger partial charge in [-0.1, -0.05) is 18.2 Å². The zero-order valence-corrected chi connectivity index (χ0v) is 13.0. The SMILES string of the molecule is Cc1cccn2cc(CC(=O)NCCc3ccc(O)cc3)nc12. The molecule has 0 radical (unpaired) electrons. The van der Waals surface area contributed by atoms with Gasteiger partial charge in [-0.05, 0) is 42.7 Å². The van der Waals surface area contributed by atoms with E-state index in [1.807, 2.05) is 48.0 Å². The predicted molar refractivity (Wildman–Crippen MR) is 88.5 cm³/mol. The van der Waals surface area contributed by atoms with Gasteiger partial charge in [-0.25, -0.2) is 4.98 Å². The van der Waals surface area contributed by atoms with Gasteiger partial charge in [0.2, 0.25) is 5.91 Å². The fraction of sp³-hybridized carbons (Fsp3) is 0.222. The molecular formula is C18H19N3O2. The highest BCUT2D eigenvalue weighted by Crippen LogP contribution is 2.11. The number of benzene rings is 1. The third-order valence-electron chi connectivity index (χ3n) is 3.74. The van der Waals surface area contributed by atoms with Crippen LogP contribution in [0.15, 0.2) is 48.8 Å². The van der Waals surface area contributed by atoms with E-state index in [2.05, 4.69) is 10.3 Å². The highest BCUT2D eigenvalue weighted by atomic mass is 16.3. The Hall–Kier alpha value is -2.82. The number of amides is 1. The van der Waals surface area contributed by atoms with Crippen molar-refractivity contribution in [3.8, 4) is 5.75 Å². The molecule has 0 fully saturated rings. The number of aromatic nitrogens is 2. The number of carbonyl (C=O) groups is 1. The van der Waals surface area contributed by atoms with E-state index >= 15 is 0 Å². The first-order valence-corrected chi connectivity index (χ1v) is 7.59. The number of hydrogen-bond acceptors (Lipinski definition) is 3. The van der Waals surface area contributed by atoms with Crippen LogP contribution in [0.2, 0.25) is 0 Å². The maximum Gasteiger partial charge on any atom is 0.226 e. The number of nitrogens with zero attached hydrogens (tertiary/aromatic N) is 2. The summed E-state index contributed by atoms with van der Waals surface area (Å²) in [6.07, 6.45) is 4.83. The van der Waals surface area contributed by atoms with Crippen LogP contribution in [0.3, 0.4) is 0 Å². The quantitative estimate of drug-likeness (QED) is 0.759. The number of rotatable bonds is 5. The number of carbonyl (C=O) groups excluding carboxylic acids is 1. The number of hydrogen-bond donors (Lipinski definition) is 2. The van der Waals surface area contributed by atoms with E-state index in [0.29, 0.717) is 6.54 Å². The molecule has 1 aromatic carbocycles. The summed E-state index contributed by atoms with van der Waals surface area (Å²) >= 11 is 0. The van der Waals surface area contributed by atoms with E-state index in [-0.39, 0.29) is 18.1 Å².